The van der Waals surface area contributed by atoms with E-state index in [9.17, 15) is 4.79 Å². The van der Waals surface area contributed by atoms with E-state index >= 15 is 0 Å². The van der Waals surface area contributed by atoms with Gasteiger partial charge < -0.3 is 9.64 Å². The van der Waals surface area contributed by atoms with Crippen molar-refractivity contribution in [3.8, 4) is 5.75 Å². The number of carbonyl (C=O) groups excluding carboxylic acids is 1. The fourth-order valence-corrected chi connectivity index (χ4v) is 3.31. The molecule has 0 aliphatic heterocycles. The Kier molecular flexibility index (Phi) is 5.11. The van der Waals surface area contributed by atoms with Crippen molar-refractivity contribution in [2.75, 3.05) is 4.90 Å². The number of aromatic nitrogens is 1. The highest BCUT2D eigenvalue weighted by Gasteiger charge is 2.34. The number of amides is 1. The lowest BCUT2D eigenvalue weighted by Gasteiger charge is -2.24. The molecule has 0 saturated heterocycles. The summed E-state index contributed by atoms with van der Waals surface area (Å²) in [6.45, 7) is 4.42. The van der Waals surface area contributed by atoms with Crippen LogP contribution in [0.2, 0.25) is 0 Å². The molecule has 1 aliphatic carbocycles. The van der Waals surface area contributed by atoms with Gasteiger partial charge in [0.25, 0.3) is 5.91 Å². The standard InChI is InChI=1S/C24H24N2O2/c1-17-6-3-4-9-23(17)26(21-12-13-21)24(27)19-10-14-22(15-11-19)28-16-20-8-5-7-18(2)25-20/h3-11,14-15,21H,12-13,16H2,1-2H3. The summed E-state index contributed by atoms with van der Waals surface area (Å²) < 4.78 is 5.82. The van der Waals surface area contributed by atoms with E-state index in [2.05, 4.69) is 4.98 Å². The smallest absolute Gasteiger partial charge is 0.258 e. The molecule has 3 aromatic rings. The van der Waals surface area contributed by atoms with E-state index in [4.69, 9.17) is 4.74 Å². The topological polar surface area (TPSA) is 42.4 Å². The van der Waals surface area contributed by atoms with Crippen molar-refractivity contribution >= 4 is 11.6 Å². The third-order valence-corrected chi connectivity index (χ3v) is 4.94. The number of ether oxygens (including phenoxy) is 1. The molecule has 1 saturated carbocycles. The lowest BCUT2D eigenvalue weighted by atomic mass is 10.1. The summed E-state index contributed by atoms with van der Waals surface area (Å²) in [7, 11) is 0. The molecule has 0 spiro atoms. The zero-order valence-corrected chi connectivity index (χ0v) is 16.3. The number of carbonyl (C=O) groups is 1. The van der Waals surface area contributed by atoms with E-state index in [0.29, 0.717) is 18.2 Å². The third kappa shape index (κ3) is 4.06. The SMILES string of the molecule is Cc1cccc(COc2ccc(C(=O)N(c3ccccc3C)C3CC3)cc2)n1. The summed E-state index contributed by atoms with van der Waals surface area (Å²) in [6.07, 6.45) is 2.12. The zero-order chi connectivity index (χ0) is 19.5. The minimum atomic E-state index is 0.0451. The van der Waals surface area contributed by atoms with Gasteiger partial charge in [0, 0.05) is 23.0 Å². The second kappa shape index (κ2) is 7.85. The van der Waals surface area contributed by atoms with Crippen LogP contribution >= 0.6 is 0 Å². The second-order valence-corrected chi connectivity index (χ2v) is 7.28. The Morgan fingerprint density at radius 2 is 1.75 bits per heavy atom. The highest BCUT2D eigenvalue weighted by Crippen LogP contribution is 2.34. The van der Waals surface area contributed by atoms with Crippen LogP contribution in [0.25, 0.3) is 0 Å². The van der Waals surface area contributed by atoms with E-state index in [0.717, 1.165) is 41.2 Å². The lowest BCUT2D eigenvalue weighted by molar-refractivity contribution is 0.0985. The van der Waals surface area contributed by atoms with Gasteiger partial charge in [-0.25, -0.2) is 0 Å². The average molecular weight is 372 g/mol. The maximum atomic E-state index is 13.2. The largest absolute Gasteiger partial charge is 0.487 e. The predicted molar refractivity (Wildman–Crippen MR) is 111 cm³/mol. The molecule has 0 atom stereocenters. The van der Waals surface area contributed by atoms with Crippen LogP contribution in [0.4, 0.5) is 5.69 Å². The predicted octanol–water partition coefficient (Wildman–Crippen LogP) is 5.09. The van der Waals surface area contributed by atoms with Gasteiger partial charge in [0.05, 0.1) is 5.69 Å². The van der Waals surface area contributed by atoms with E-state index in [1.54, 1.807) is 0 Å². The Bertz CT molecular complexity index is 978. The summed E-state index contributed by atoms with van der Waals surface area (Å²) in [4.78, 5) is 19.6. The molecular formula is C24H24N2O2. The Labute approximate surface area is 165 Å². The maximum Gasteiger partial charge on any atom is 0.258 e. The summed E-state index contributed by atoms with van der Waals surface area (Å²) in [5.74, 6) is 0.775. The third-order valence-electron chi connectivity index (χ3n) is 4.94. The van der Waals surface area contributed by atoms with Crippen LogP contribution in [0.15, 0.2) is 66.7 Å². The fourth-order valence-electron chi connectivity index (χ4n) is 3.31. The first-order chi connectivity index (χ1) is 13.6. The molecule has 1 fully saturated rings. The van der Waals surface area contributed by atoms with Crippen molar-refractivity contribution < 1.29 is 9.53 Å². The highest BCUT2D eigenvalue weighted by molar-refractivity contribution is 6.07. The molecule has 28 heavy (non-hydrogen) atoms. The van der Waals surface area contributed by atoms with Gasteiger partial charge in [-0.3, -0.25) is 9.78 Å². The van der Waals surface area contributed by atoms with Gasteiger partial charge in [0.15, 0.2) is 0 Å². The van der Waals surface area contributed by atoms with Crippen LogP contribution in [-0.2, 0) is 6.61 Å². The number of rotatable bonds is 6. The zero-order valence-electron chi connectivity index (χ0n) is 16.3. The van der Waals surface area contributed by atoms with Crippen LogP contribution in [0.1, 0.15) is 40.2 Å². The number of hydrogen-bond donors (Lipinski definition) is 0. The van der Waals surface area contributed by atoms with E-state index < -0.39 is 0 Å². The number of para-hydroxylation sites is 1. The molecule has 1 aliphatic rings. The number of benzene rings is 2. The molecule has 0 unspecified atom stereocenters. The van der Waals surface area contributed by atoms with Gasteiger partial charge in [-0.05, 0) is 74.7 Å². The van der Waals surface area contributed by atoms with Crippen LogP contribution in [0, 0.1) is 13.8 Å². The fraction of sp³-hybridized carbons (Fsp3) is 0.250. The van der Waals surface area contributed by atoms with Gasteiger partial charge in [0.1, 0.15) is 12.4 Å². The number of aryl methyl sites for hydroxylation is 2. The van der Waals surface area contributed by atoms with Crippen molar-refractivity contribution in [2.24, 2.45) is 0 Å². The van der Waals surface area contributed by atoms with Gasteiger partial charge in [-0.2, -0.15) is 0 Å². The first-order valence-corrected chi connectivity index (χ1v) is 9.66. The Hall–Kier alpha value is -3.14. The van der Waals surface area contributed by atoms with Crippen LogP contribution < -0.4 is 9.64 Å². The molecule has 4 nitrogen and oxygen atoms in total. The summed E-state index contributed by atoms with van der Waals surface area (Å²) in [6, 6.07) is 21.6. The average Bonchev–Trinajstić information content (AvgIpc) is 3.53. The summed E-state index contributed by atoms with van der Waals surface area (Å²) in [5, 5.41) is 0. The molecule has 0 N–H and O–H groups in total. The van der Waals surface area contributed by atoms with Crippen molar-refractivity contribution in [1.82, 2.24) is 4.98 Å². The van der Waals surface area contributed by atoms with Crippen molar-refractivity contribution in [1.29, 1.82) is 0 Å². The van der Waals surface area contributed by atoms with Crippen molar-refractivity contribution in [3.63, 3.8) is 0 Å². The second-order valence-electron chi connectivity index (χ2n) is 7.28. The molecule has 2 aromatic carbocycles. The normalized spacial score (nSPS) is 13.2. The van der Waals surface area contributed by atoms with Crippen molar-refractivity contribution in [3.05, 3.63) is 89.2 Å². The number of hydrogen-bond acceptors (Lipinski definition) is 3. The van der Waals surface area contributed by atoms with E-state index in [-0.39, 0.29) is 5.91 Å². The minimum absolute atomic E-state index is 0.0451. The molecule has 0 radical (unpaired) electrons. The van der Waals surface area contributed by atoms with Crippen molar-refractivity contribution in [2.45, 2.75) is 39.3 Å². The van der Waals surface area contributed by atoms with Crippen LogP contribution in [-0.4, -0.2) is 16.9 Å². The minimum Gasteiger partial charge on any atom is -0.487 e. The maximum absolute atomic E-state index is 13.2. The van der Waals surface area contributed by atoms with Gasteiger partial charge in [-0.1, -0.05) is 24.3 Å². The molecular weight excluding hydrogens is 348 g/mol. The molecule has 4 heteroatoms. The lowest BCUT2D eigenvalue weighted by Crippen LogP contribution is -2.33. The van der Waals surface area contributed by atoms with Gasteiger partial charge in [0.2, 0.25) is 0 Å². The van der Waals surface area contributed by atoms with Crippen LogP contribution in [0.3, 0.4) is 0 Å². The molecule has 4 rings (SSSR count). The highest BCUT2D eigenvalue weighted by atomic mass is 16.5. The number of anilines is 1. The van der Waals surface area contributed by atoms with E-state index in [1.165, 1.54) is 0 Å². The Balaban J connectivity index is 1.48. The monoisotopic (exact) mass is 372 g/mol. The number of nitrogens with zero attached hydrogens (tertiary/aromatic N) is 2. The molecule has 1 heterocycles. The first-order valence-electron chi connectivity index (χ1n) is 9.66. The Morgan fingerprint density at radius 1 is 1.00 bits per heavy atom. The molecule has 142 valence electrons. The first kappa shape index (κ1) is 18.2. The molecule has 1 aromatic heterocycles. The summed E-state index contributed by atoms with van der Waals surface area (Å²) >= 11 is 0. The number of pyridine rings is 1. The quantitative estimate of drug-likeness (QED) is 0.605. The van der Waals surface area contributed by atoms with E-state index in [1.807, 2.05) is 85.5 Å². The Morgan fingerprint density at radius 3 is 2.43 bits per heavy atom. The van der Waals surface area contributed by atoms with Crippen LogP contribution in [0.5, 0.6) is 5.75 Å². The summed E-state index contributed by atoms with van der Waals surface area (Å²) in [5.41, 5.74) is 4.66. The molecule has 0 bridgehead atoms. The van der Waals surface area contributed by atoms with Gasteiger partial charge >= 0.3 is 0 Å². The van der Waals surface area contributed by atoms with Gasteiger partial charge in [-0.15, -0.1) is 0 Å². The molecule has 1 amide bonds.